The molecule has 0 aliphatic heterocycles. The van der Waals surface area contributed by atoms with Crippen molar-refractivity contribution in [2.24, 2.45) is 0 Å². The Balaban J connectivity index is 1.50. The van der Waals surface area contributed by atoms with Gasteiger partial charge in [-0.15, -0.1) is 0 Å². The number of aryl methyl sites for hydroxylation is 1. The van der Waals surface area contributed by atoms with E-state index in [1.165, 1.54) is 0 Å². The van der Waals surface area contributed by atoms with Gasteiger partial charge >= 0.3 is 0 Å². The van der Waals surface area contributed by atoms with Crippen molar-refractivity contribution in [3.05, 3.63) is 94.0 Å². The van der Waals surface area contributed by atoms with E-state index in [2.05, 4.69) is 14.9 Å². The summed E-state index contributed by atoms with van der Waals surface area (Å²) in [6.45, 7) is 1.08. The van der Waals surface area contributed by atoms with Gasteiger partial charge in [-0.2, -0.15) is 0 Å². The molecule has 1 amide bonds. The van der Waals surface area contributed by atoms with Gasteiger partial charge in [0, 0.05) is 41.0 Å². The number of para-hydroxylation sites is 2. The number of rotatable bonds is 7. The predicted octanol–water partition coefficient (Wildman–Crippen LogP) is 5.15. The number of nitrogens with one attached hydrogen (secondary N) is 1. The number of fused-ring (bicyclic) bond motifs is 1. The van der Waals surface area contributed by atoms with Gasteiger partial charge in [0.15, 0.2) is 0 Å². The highest BCUT2D eigenvalue weighted by atomic mass is 35.5. The van der Waals surface area contributed by atoms with Gasteiger partial charge in [-0.05, 0) is 42.8 Å². The monoisotopic (exact) mass is 438 g/mol. The van der Waals surface area contributed by atoms with Gasteiger partial charge in [0.05, 0.1) is 23.1 Å². The third-order valence-electron chi connectivity index (χ3n) is 4.90. The van der Waals surface area contributed by atoms with Crippen molar-refractivity contribution in [3.8, 4) is 0 Å². The predicted molar refractivity (Wildman–Crippen MR) is 120 cm³/mol. The van der Waals surface area contributed by atoms with Gasteiger partial charge in [-0.3, -0.25) is 9.78 Å². The highest BCUT2D eigenvalue weighted by molar-refractivity contribution is 6.36. The third kappa shape index (κ3) is 4.48. The van der Waals surface area contributed by atoms with Crippen LogP contribution in [0.2, 0.25) is 10.0 Å². The number of aromatic nitrogens is 3. The van der Waals surface area contributed by atoms with Gasteiger partial charge in [-0.1, -0.05) is 41.4 Å². The summed E-state index contributed by atoms with van der Waals surface area (Å²) in [7, 11) is 0. The molecule has 1 N–H and O–H groups in total. The van der Waals surface area contributed by atoms with E-state index >= 15 is 0 Å². The summed E-state index contributed by atoms with van der Waals surface area (Å²) in [4.78, 5) is 21.0. The van der Waals surface area contributed by atoms with Crippen LogP contribution in [0.25, 0.3) is 11.0 Å². The highest BCUT2D eigenvalue weighted by Crippen LogP contribution is 2.27. The number of pyridine rings is 1. The minimum absolute atomic E-state index is 0.126. The molecule has 30 heavy (non-hydrogen) atoms. The smallest absolute Gasteiger partial charge is 0.252 e. The first-order chi connectivity index (χ1) is 14.6. The topological polar surface area (TPSA) is 59.8 Å². The van der Waals surface area contributed by atoms with Crippen LogP contribution in [0.1, 0.15) is 28.2 Å². The first-order valence-electron chi connectivity index (χ1n) is 9.69. The Morgan fingerprint density at radius 2 is 1.80 bits per heavy atom. The number of amides is 1. The summed E-state index contributed by atoms with van der Waals surface area (Å²) in [6.07, 6.45) is 4.67. The van der Waals surface area contributed by atoms with E-state index in [1.54, 1.807) is 24.5 Å². The number of carbonyl (C=O) groups excluding carboxylic acids is 1. The summed E-state index contributed by atoms with van der Waals surface area (Å²) in [6, 6.07) is 17.0. The van der Waals surface area contributed by atoms with Crippen LogP contribution < -0.4 is 5.32 Å². The molecule has 2 heterocycles. The van der Waals surface area contributed by atoms with Gasteiger partial charge in [-0.25, -0.2) is 4.98 Å². The molecule has 0 bridgehead atoms. The van der Waals surface area contributed by atoms with Gasteiger partial charge in [0.25, 0.3) is 5.91 Å². The van der Waals surface area contributed by atoms with Crippen LogP contribution in [-0.2, 0) is 13.0 Å². The van der Waals surface area contributed by atoms with Crippen molar-refractivity contribution >= 4 is 40.1 Å². The van der Waals surface area contributed by atoms with Crippen molar-refractivity contribution in [3.63, 3.8) is 0 Å². The van der Waals surface area contributed by atoms with Crippen LogP contribution in [-0.4, -0.2) is 27.0 Å². The maximum absolute atomic E-state index is 12.2. The number of hydrogen-bond donors (Lipinski definition) is 1. The number of hydrogen-bond acceptors (Lipinski definition) is 3. The molecule has 2 aromatic carbocycles. The summed E-state index contributed by atoms with van der Waals surface area (Å²) in [5, 5.41) is 4.20. The molecule has 152 valence electrons. The van der Waals surface area contributed by atoms with Crippen molar-refractivity contribution < 1.29 is 4.79 Å². The first kappa shape index (κ1) is 20.4. The number of benzene rings is 2. The molecule has 7 heteroatoms. The second-order valence-electron chi connectivity index (χ2n) is 6.90. The molecule has 0 radical (unpaired) electrons. The van der Waals surface area contributed by atoms with Crippen LogP contribution in [0.4, 0.5) is 0 Å². The number of halogens is 2. The number of imidazole rings is 1. The second kappa shape index (κ2) is 9.28. The Bertz CT molecular complexity index is 1150. The van der Waals surface area contributed by atoms with E-state index in [1.807, 2.05) is 42.5 Å². The zero-order valence-electron chi connectivity index (χ0n) is 16.2. The highest BCUT2D eigenvalue weighted by Gasteiger charge is 2.14. The van der Waals surface area contributed by atoms with Crippen molar-refractivity contribution in [2.75, 3.05) is 6.54 Å². The van der Waals surface area contributed by atoms with Crippen LogP contribution >= 0.6 is 23.2 Å². The average Bonchev–Trinajstić information content (AvgIpc) is 3.11. The Hall–Kier alpha value is -2.89. The largest absolute Gasteiger partial charge is 0.352 e. The second-order valence-corrected chi connectivity index (χ2v) is 7.72. The fourth-order valence-corrected chi connectivity index (χ4v) is 3.90. The lowest BCUT2D eigenvalue weighted by atomic mass is 10.2. The Morgan fingerprint density at radius 3 is 2.57 bits per heavy atom. The van der Waals surface area contributed by atoms with Crippen molar-refractivity contribution in [1.29, 1.82) is 0 Å². The molecule has 0 saturated heterocycles. The normalized spacial score (nSPS) is 11.0. The van der Waals surface area contributed by atoms with E-state index in [4.69, 9.17) is 28.2 Å². The van der Waals surface area contributed by atoms with Gasteiger partial charge in [0.2, 0.25) is 0 Å². The summed E-state index contributed by atoms with van der Waals surface area (Å²) < 4.78 is 2.14. The molecule has 0 aliphatic carbocycles. The van der Waals surface area contributed by atoms with Crippen LogP contribution in [0.15, 0.2) is 67.0 Å². The maximum atomic E-state index is 12.2. The summed E-state index contributed by atoms with van der Waals surface area (Å²) >= 11 is 12.8. The lowest BCUT2D eigenvalue weighted by Gasteiger charge is -2.12. The van der Waals surface area contributed by atoms with Crippen LogP contribution in [0.5, 0.6) is 0 Å². The average molecular weight is 439 g/mol. The van der Waals surface area contributed by atoms with Crippen molar-refractivity contribution in [1.82, 2.24) is 19.9 Å². The fraction of sp³-hybridized carbons (Fsp3) is 0.174. The minimum atomic E-state index is -0.126. The van der Waals surface area contributed by atoms with E-state index in [0.717, 1.165) is 28.8 Å². The molecule has 2 aromatic heterocycles. The Labute approximate surface area is 184 Å². The molecule has 0 atom stereocenters. The summed E-state index contributed by atoms with van der Waals surface area (Å²) in [5.74, 6) is 0.808. The molecular formula is C23H20Cl2N4O. The quantitative estimate of drug-likeness (QED) is 0.405. The van der Waals surface area contributed by atoms with E-state index in [0.29, 0.717) is 35.1 Å². The zero-order valence-corrected chi connectivity index (χ0v) is 17.7. The molecule has 0 aliphatic rings. The lowest BCUT2D eigenvalue weighted by molar-refractivity contribution is 0.0953. The molecule has 0 spiro atoms. The SMILES string of the molecule is O=C(NCCCc1nc2ccccc2n1Cc1c(Cl)cccc1Cl)c1cccnc1. The van der Waals surface area contributed by atoms with E-state index in [-0.39, 0.29) is 5.91 Å². The van der Waals surface area contributed by atoms with E-state index < -0.39 is 0 Å². The molecule has 4 aromatic rings. The molecule has 0 fully saturated rings. The minimum Gasteiger partial charge on any atom is -0.352 e. The molecule has 5 nitrogen and oxygen atoms in total. The molecular weight excluding hydrogens is 419 g/mol. The first-order valence-corrected chi connectivity index (χ1v) is 10.4. The summed E-state index contributed by atoms with van der Waals surface area (Å²) in [5.41, 5.74) is 3.38. The Kier molecular flexibility index (Phi) is 6.31. The van der Waals surface area contributed by atoms with Crippen LogP contribution in [0, 0.1) is 0 Å². The van der Waals surface area contributed by atoms with Gasteiger partial charge < -0.3 is 9.88 Å². The fourth-order valence-electron chi connectivity index (χ4n) is 3.38. The van der Waals surface area contributed by atoms with Crippen molar-refractivity contribution in [2.45, 2.75) is 19.4 Å². The van der Waals surface area contributed by atoms with E-state index in [9.17, 15) is 4.79 Å². The zero-order chi connectivity index (χ0) is 20.9. The van der Waals surface area contributed by atoms with Gasteiger partial charge in [0.1, 0.15) is 5.82 Å². The van der Waals surface area contributed by atoms with Crippen LogP contribution in [0.3, 0.4) is 0 Å². The molecule has 0 saturated carbocycles. The number of carbonyl (C=O) groups is 1. The molecule has 0 unspecified atom stereocenters. The maximum Gasteiger partial charge on any atom is 0.252 e. The molecule has 4 rings (SSSR count). The third-order valence-corrected chi connectivity index (χ3v) is 5.61. The number of nitrogens with zero attached hydrogens (tertiary/aromatic N) is 3. The Morgan fingerprint density at radius 1 is 1.00 bits per heavy atom. The lowest BCUT2D eigenvalue weighted by Crippen LogP contribution is -2.25. The standard InChI is InChI=1S/C23H20Cl2N4O/c24-18-7-3-8-19(25)17(18)15-29-21-10-2-1-9-20(21)28-22(29)11-5-13-27-23(30)16-6-4-12-26-14-16/h1-4,6-10,12,14H,5,11,13,15H2,(H,27,30).